The Morgan fingerprint density at radius 1 is 1.72 bits per heavy atom. The summed E-state index contributed by atoms with van der Waals surface area (Å²) in [6.07, 6.45) is 3.75. The van der Waals surface area contributed by atoms with Crippen molar-refractivity contribution in [2.45, 2.75) is 12.0 Å². The molecule has 1 atom stereocenters. The van der Waals surface area contributed by atoms with Crippen LogP contribution in [0, 0.1) is 0 Å². The van der Waals surface area contributed by atoms with Crippen LogP contribution in [0.2, 0.25) is 5.02 Å². The van der Waals surface area contributed by atoms with Gasteiger partial charge in [-0.2, -0.15) is 0 Å². The van der Waals surface area contributed by atoms with Crippen LogP contribution in [0.25, 0.3) is 0 Å². The molecule has 1 saturated heterocycles. The molecule has 2 rings (SSSR count). The van der Waals surface area contributed by atoms with Crippen LogP contribution >= 0.6 is 11.6 Å². The maximum Gasteiger partial charge on any atom is 0.253 e. The second-order valence-corrected chi connectivity index (χ2v) is 4.64. The van der Waals surface area contributed by atoms with Gasteiger partial charge in [-0.3, -0.25) is 9.78 Å². The number of aromatic nitrogens is 1. The van der Waals surface area contributed by atoms with Gasteiger partial charge in [0.15, 0.2) is 0 Å². The van der Waals surface area contributed by atoms with E-state index in [9.17, 15) is 4.79 Å². The lowest BCUT2D eigenvalue weighted by atomic mass is 10.0. The van der Waals surface area contributed by atoms with Gasteiger partial charge >= 0.3 is 0 Å². The van der Waals surface area contributed by atoms with Crippen molar-refractivity contribution in [2.75, 3.05) is 26.9 Å². The fourth-order valence-corrected chi connectivity index (χ4v) is 2.06. The Labute approximate surface area is 110 Å². The molecular formula is C12H15ClN2O3. The lowest BCUT2D eigenvalue weighted by Crippen LogP contribution is -2.45. The number of ether oxygens (including phenoxy) is 2. The van der Waals surface area contributed by atoms with Gasteiger partial charge in [0.25, 0.3) is 5.91 Å². The van der Waals surface area contributed by atoms with Crippen LogP contribution in [-0.4, -0.2) is 43.4 Å². The first-order valence-corrected chi connectivity index (χ1v) is 6.05. The van der Waals surface area contributed by atoms with E-state index in [4.69, 9.17) is 21.1 Å². The maximum atomic E-state index is 12.0. The molecule has 2 heterocycles. The van der Waals surface area contributed by atoms with Gasteiger partial charge in [0.1, 0.15) is 5.60 Å². The van der Waals surface area contributed by atoms with Crippen LogP contribution in [0.15, 0.2) is 18.5 Å². The highest BCUT2D eigenvalue weighted by molar-refractivity contribution is 6.33. The summed E-state index contributed by atoms with van der Waals surface area (Å²) in [5.41, 5.74) is -0.00773. The average Bonchev–Trinajstić information content (AvgIpc) is 2.86. The number of amides is 1. The van der Waals surface area contributed by atoms with Gasteiger partial charge in [-0.05, 0) is 6.07 Å². The first-order chi connectivity index (χ1) is 8.67. The summed E-state index contributed by atoms with van der Waals surface area (Å²) in [6.45, 7) is 1.55. The zero-order chi connectivity index (χ0) is 13.0. The van der Waals surface area contributed by atoms with Crippen molar-refractivity contribution in [3.8, 4) is 0 Å². The number of pyridine rings is 1. The number of halogens is 1. The molecule has 0 bridgehead atoms. The minimum Gasteiger partial charge on any atom is -0.378 e. The van der Waals surface area contributed by atoms with Gasteiger partial charge in [-0.1, -0.05) is 11.6 Å². The predicted octanol–water partition coefficient (Wildman–Crippen LogP) is 1.27. The third-order valence-corrected chi connectivity index (χ3v) is 3.39. The van der Waals surface area contributed by atoms with Gasteiger partial charge in [-0.25, -0.2) is 0 Å². The summed E-state index contributed by atoms with van der Waals surface area (Å²) < 4.78 is 10.7. The molecule has 6 heteroatoms. The molecule has 0 saturated carbocycles. The molecule has 18 heavy (non-hydrogen) atoms. The number of carbonyl (C=O) groups is 1. The first kappa shape index (κ1) is 13.3. The SMILES string of the molecule is COC1(CNC(=O)c2ccncc2Cl)CCOC1. The highest BCUT2D eigenvalue weighted by Gasteiger charge is 2.35. The van der Waals surface area contributed by atoms with Crippen LogP contribution in [0.4, 0.5) is 0 Å². The summed E-state index contributed by atoms with van der Waals surface area (Å²) in [5.74, 6) is -0.231. The van der Waals surface area contributed by atoms with Crippen molar-refractivity contribution in [1.82, 2.24) is 10.3 Å². The second-order valence-electron chi connectivity index (χ2n) is 4.23. The zero-order valence-electron chi connectivity index (χ0n) is 10.1. The number of rotatable bonds is 4. The molecule has 98 valence electrons. The van der Waals surface area contributed by atoms with E-state index in [1.165, 1.54) is 12.4 Å². The highest BCUT2D eigenvalue weighted by atomic mass is 35.5. The molecule has 1 amide bonds. The molecule has 5 nitrogen and oxygen atoms in total. The molecule has 1 aromatic rings. The van der Waals surface area contributed by atoms with E-state index >= 15 is 0 Å². The van der Waals surface area contributed by atoms with E-state index in [0.29, 0.717) is 30.3 Å². The number of hydrogen-bond acceptors (Lipinski definition) is 4. The smallest absolute Gasteiger partial charge is 0.253 e. The third kappa shape index (κ3) is 2.80. The van der Waals surface area contributed by atoms with E-state index in [2.05, 4.69) is 10.3 Å². The first-order valence-electron chi connectivity index (χ1n) is 5.67. The molecule has 1 aromatic heterocycles. The van der Waals surface area contributed by atoms with Crippen LogP contribution in [0.3, 0.4) is 0 Å². The van der Waals surface area contributed by atoms with Crippen LogP contribution in [0.5, 0.6) is 0 Å². The monoisotopic (exact) mass is 270 g/mol. The standard InChI is InChI=1S/C12H15ClN2O3/c1-17-12(3-5-18-8-12)7-15-11(16)9-2-4-14-6-10(9)13/h2,4,6H,3,5,7-8H2,1H3,(H,15,16). The van der Waals surface area contributed by atoms with E-state index in [1.54, 1.807) is 13.2 Å². The maximum absolute atomic E-state index is 12.0. The molecule has 1 aliphatic rings. The third-order valence-electron chi connectivity index (χ3n) is 3.09. The van der Waals surface area contributed by atoms with Gasteiger partial charge < -0.3 is 14.8 Å². The summed E-state index contributed by atoms with van der Waals surface area (Å²) in [4.78, 5) is 15.8. The lowest BCUT2D eigenvalue weighted by molar-refractivity contribution is -0.0148. The van der Waals surface area contributed by atoms with E-state index in [1.807, 2.05) is 0 Å². The van der Waals surface area contributed by atoms with E-state index < -0.39 is 5.60 Å². The summed E-state index contributed by atoms with van der Waals surface area (Å²) in [6, 6.07) is 1.59. The Balaban J connectivity index is 1.98. The fourth-order valence-electron chi connectivity index (χ4n) is 1.86. The van der Waals surface area contributed by atoms with Gasteiger partial charge in [0.2, 0.25) is 0 Å². The van der Waals surface area contributed by atoms with Gasteiger partial charge in [0.05, 0.1) is 17.2 Å². The lowest BCUT2D eigenvalue weighted by Gasteiger charge is -2.25. The molecule has 1 unspecified atom stereocenters. The van der Waals surface area contributed by atoms with Crippen molar-refractivity contribution >= 4 is 17.5 Å². The number of nitrogens with one attached hydrogen (secondary N) is 1. The Morgan fingerprint density at radius 3 is 3.17 bits per heavy atom. The number of hydrogen-bond donors (Lipinski definition) is 1. The van der Waals surface area contributed by atoms with Crippen molar-refractivity contribution < 1.29 is 14.3 Å². The minimum atomic E-state index is -0.421. The quantitative estimate of drug-likeness (QED) is 0.895. The van der Waals surface area contributed by atoms with Crippen LogP contribution in [-0.2, 0) is 9.47 Å². The van der Waals surface area contributed by atoms with Crippen LogP contribution in [0.1, 0.15) is 16.8 Å². The molecule has 1 N–H and O–H groups in total. The Morgan fingerprint density at radius 2 is 2.56 bits per heavy atom. The molecule has 0 spiro atoms. The average molecular weight is 271 g/mol. The Kier molecular flexibility index (Phi) is 4.16. The molecule has 0 aromatic carbocycles. The van der Waals surface area contributed by atoms with Crippen molar-refractivity contribution in [2.24, 2.45) is 0 Å². The Hall–Kier alpha value is -1.17. The fraction of sp³-hybridized carbons (Fsp3) is 0.500. The second kappa shape index (κ2) is 5.65. The van der Waals surface area contributed by atoms with Crippen molar-refractivity contribution in [3.05, 3.63) is 29.0 Å². The number of nitrogens with zero attached hydrogens (tertiary/aromatic N) is 1. The molecular weight excluding hydrogens is 256 g/mol. The van der Waals surface area contributed by atoms with E-state index in [0.717, 1.165) is 6.42 Å². The van der Waals surface area contributed by atoms with Crippen molar-refractivity contribution in [3.63, 3.8) is 0 Å². The van der Waals surface area contributed by atoms with Crippen molar-refractivity contribution in [1.29, 1.82) is 0 Å². The van der Waals surface area contributed by atoms with E-state index in [-0.39, 0.29) is 5.91 Å². The number of methoxy groups -OCH3 is 1. The molecule has 0 radical (unpaired) electrons. The zero-order valence-corrected chi connectivity index (χ0v) is 10.9. The van der Waals surface area contributed by atoms with Crippen LogP contribution < -0.4 is 5.32 Å². The molecule has 1 aliphatic heterocycles. The predicted molar refractivity (Wildman–Crippen MR) is 66.8 cm³/mol. The summed E-state index contributed by atoms with van der Waals surface area (Å²) in [7, 11) is 1.63. The van der Waals surface area contributed by atoms with Gasteiger partial charge in [0, 0.05) is 39.1 Å². The molecule has 1 fully saturated rings. The minimum absolute atomic E-state index is 0.231. The Bertz CT molecular complexity index is 433. The number of carbonyl (C=O) groups excluding carboxylic acids is 1. The summed E-state index contributed by atoms with van der Waals surface area (Å²) in [5, 5.41) is 3.15. The highest BCUT2D eigenvalue weighted by Crippen LogP contribution is 2.22. The molecule has 0 aliphatic carbocycles. The normalized spacial score (nSPS) is 23.0. The topological polar surface area (TPSA) is 60.5 Å². The summed E-state index contributed by atoms with van der Waals surface area (Å²) >= 11 is 5.90. The largest absolute Gasteiger partial charge is 0.378 e. The van der Waals surface area contributed by atoms with Gasteiger partial charge in [-0.15, -0.1) is 0 Å².